The van der Waals surface area contributed by atoms with E-state index in [4.69, 9.17) is 4.74 Å². The Hall–Kier alpha value is -3.53. The molecule has 29 heavy (non-hydrogen) atoms. The van der Waals surface area contributed by atoms with Gasteiger partial charge in [0.15, 0.2) is 6.61 Å². The van der Waals surface area contributed by atoms with Gasteiger partial charge in [-0.1, -0.05) is 30.3 Å². The van der Waals surface area contributed by atoms with Crippen molar-refractivity contribution in [1.82, 2.24) is 14.5 Å². The minimum atomic E-state index is -0.785. The molecule has 1 fully saturated rings. The molecule has 0 aliphatic carbocycles. The molecule has 4 rings (SSSR count). The molecule has 9 nitrogen and oxygen atoms in total. The smallest absolute Gasteiger partial charge is 0.416 e. The van der Waals surface area contributed by atoms with Crippen LogP contribution in [-0.4, -0.2) is 52.2 Å². The Morgan fingerprint density at radius 1 is 1.21 bits per heavy atom. The van der Waals surface area contributed by atoms with Crippen molar-refractivity contribution in [1.29, 1.82) is 0 Å². The first-order chi connectivity index (χ1) is 14.0. The van der Waals surface area contributed by atoms with E-state index in [0.29, 0.717) is 10.2 Å². The predicted molar refractivity (Wildman–Crippen MR) is 103 cm³/mol. The van der Waals surface area contributed by atoms with Crippen LogP contribution in [0.1, 0.15) is 0 Å². The summed E-state index contributed by atoms with van der Waals surface area (Å²) in [7, 11) is 0. The third-order valence-corrected chi connectivity index (χ3v) is 5.39. The largest absolute Gasteiger partial charge is 0.454 e. The maximum absolute atomic E-state index is 12.7. The summed E-state index contributed by atoms with van der Waals surface area (Å²) in [6.45, 7) is -0.757. The first kappa shape index (κ1) is 18.8. The number of hydrogen-bond donors (Lipinski definition) is 0. The molecule has 2 aromatic heterocycles. The van der Waals surface area contributed by atoms with E-state index in [2.05, 4.69) is 9.72 Å². The van der Waals surface area contributed by atoms with E-state index in [0.717, 1.165) is 19.9 Å². The van der Waals surface area contributed by atoms with Crippen molar-refractivity contribution in [3.63, 3.8) is 0 Å². The van der Waals surface area contributed by atoms with Crippen LogP contribution in [0, 0.1) is 0 Å². The fraction of sp³-hybridized carbons (Fsp3) is 0.211. The number of thiophene rings is 1. The Kier molecular flexibility index (Phi) is 5.09. The number of rotatable bonds is 5. The van der Waals surface area contributed by atoms with Crippen LogP contribution in [0.15, 0.2) is 47.5 Å². The van der Waals surface area contributed by atoms with Crippen molar-refractivity contribution in [2.75, 3.05) is 19.8 Å². The van der Waals surface area contributed by atoms with Crippen molar-refractivity contribution in [3.8, 4) is 10.4 Å². The molecule has 0 radical (unpaired) electrons. The summed E-state index contributed by atoms with van der Waals surface area (Å²) in [5.74, 6) is -1.46. The monoisotopic (exact) mass is 413 g/mol. The molecule has 0 saturated carbocycles. The number of amides is 2. The van der Waals surface area contributed by atoms with Crippen LogP contribution in [0.5, 0.6) is 0 Å². The molecule has 1 aliphatic heterocycles. The molecule has 0 spiro atoms. The van der Waals surface area contributed by atoms with E-state index in [9.17, 15) is 19.2 Å². The molecule has 2 amide bonds. The second kappa shape index (κ2) is 7.84. The number of nitrogens with zero attached hydrogens (tertiary/aromatic N) is 3. The second-order valence-electron chi connectivity index (χ2n) is 6.19. The number of cyclic esters (lactones) is 1. The van der Waals surface area contributed by atoms with Gasteiger partial charge in [0, 0.05) is 4.88 Å². The lowest BCUT2D eigenvalue weighted by Crippen LogP contribution is -2.36. The Morgan fingerprint density at radius 2 is 2.00 bits per heavy atom. The average molecular weight is 413 g/mol. The van der Waals surface area contributed by atoms with Crippen LogP contribution in [0.25, 0.3) is 20.7 Å². The van der Waals surface area contributed by atoms with Gasteiger partial charge < -0.3 is 9.47 Å². The van der Waals surface area contributed by atoms with Gasteiger partial charge in [-0.2, -0.15) is 0 Å². The third-order valence-electron chi connectivity index (χ3n) is 4.29. The zero-order valence-corrected chi connectivity index (χ0v) is 15.9. The van der Waals surface area contributed by atoms with Crippen molar-refractivity contribution in [3.05, 3.63) is 53.1 Å². The topological polar surface area (TPSA) is 108 Å². The summed E-state index contributed by atoms with van der Waals surface area (Å²) in [6, 6.07) is 11.3. The number of carbonyl (C=O) groups excluding carboxylic acids is 3. The number of aromatic nitrogens is 2. The van der Waals surface area contributed by atoms with E-state index >= 15 is 0 Å². The highest BCUT2D eigenvalue weighted by Crippen LogP contribution is 2.30. The first-order valence-electron chi connectivity index (χ1n) is 8.70. The molecular formula is C19H15N3O6S. The van der Waals surface area contributed by atoms with E-state index < -0.39 is 31.1 Å². The van der Waals surface area contributed by atoms with Crippen LogP contribution in [-0.2, 0) is 25.6 Å². The predicted octanol–water partition coefficient (Wildman–Crippen LogP) is 1.65. The molecule has 1 aromatic carbocycles. The van der Waals surface area contributed by atoms with Crippen LogP contribution in [0.4, 0.5) is 4.79 Å². The van der Waals surface area contributed by atoms with Crippen LogP contribution < -0.4 is 5.56 Å². The zero-order valence-electron chi connectivity index (χ0n) is 15.1. The second-order valence-corrected chi connectivity index (χ2v) is 7.22. The lowest BCUT2D eigenvalue weighted by atomic mass is 10.2. The number of hydrogen-bond acceptors (Lipinski definition) is 8. The fourth-order valence-corrected chi connectivity index (χ4v) is 3.84. The zero-order chi connectivity index (χ0) is 20.4. The molecule has 0 atom stereocenters. The van der Waals surface area contributed by atoms with Crippen LogP contribution in [0.2, 0.25) is 0 Å². The Bertz CT molecular complexity index is 1150. The minimum absolute atomic E-state index is 0.116. The summed E-state index contributed by atoms with van der Waals surface area (Å²) in [5, 5.41) is 0.403. The molecule has 1 aliphatic rings. The first-order valence-corrected chi connectivity index (χ1v) is 9.52. The van der Waals surface area contributed by atoms with E-state index in [1.54, 1.807) is 6.07 Å². The third kappa shape index (κ3) is 3.87. The highest BCUT2D eigenvalue weighted by Gasteiger charge is 2.29. The number of benzene rings is 1. The van der Waals surface area contributed by atoms with E-state index in [1.165, 1.54) is 17.7 Å². The lowest BCUT2D eigenvalue weighted by molar-refractivity contribution is -0.151. The SMILES string of the molecule is O=C(Cn1cnc2sc(-c3ccccc3)cc2c1=O)OCC(=O)N1CCOC1=O. The van der Waals surface area contributed by atoms with Crippen molar-refractivity contribution < 1.29 is 23.9 Å². The molecule has 0 unspecified atom stereocenters. The van der Waals surface area contributed by atoms with E-state index in [1.807, 2.05) is 30.3 Å². The van der Waals surface area contributed by atoms with Crippen molar-refractivity contribution >= 4 is 39.5 Å². The number of ether oxygens (including phenoxy) is 2. The van der Waals surface area contributed by atoms with Gasteiger partial charge >= 0.3 is 12.1 Å². The number of fused-ring (bicyclic) bond motifs is 1. The summed E-state index contributed by atoms with van der Waals surface area (Å²) >= 11 is 1.39. The molecule has 148 valence electrons. The summed E-state index contributed by atoms with van der Waals surface area (Å²) in [5.41, 5.74) is 0.597. The summed E-state index contributed by atoms with van der Waals surface area (Å²) < 4.78 is 10.7. The summed E-state index contributed by atoms with van der Waals surface area (Å²) in [4.78, 5) is 54.5. The van der Waals surface area contributed by atoms with Gasteiger partial charge in [-0.3, -0.25) is 19.0 Å². The number of imide groups is 1. The molecule has 3 aromatic rings. The highest BCUT2D eigenvalue weighted by atomic mass is 32.1. The van der Waals surface area contributed by atoms with Gasteiger partial charge in [0.2, 0.25) is 0 Å². The van der Waals surface area contributed by atoms with Gasteiger partial charge in [-0.05, 0) is 11.6 Å². The quantitative estimate of drug-likeness (QED) is 0.585. The molecule has 3 heterocycles. The number of carbonyl (C=O) groups is 3. The molecule has 0 bridgehead atoms. The van der Waals surface area contributed by atoms with Crippen LogP contribution in [0.3, 0.4) is 0 Å². The average Bonchev–Trinajstić information content (AvgIpc) is 3.36. The minimum Gasteiger partial charge on any atom is -0.454 e. The summed E-state index contributed by atoms with van der Waals surface area (Å²) in [6.07, 6.45) is 0.514. The molecule has 1 saturated heterocycles. The highest BCUT2D eigenvalue weighted by molar-refractivity contribution is 7.21. The normalized spacial score (nSPS) is 13.5. The lowest BCUT2D eigenvalue weighted by Gasteiger charge is -2.11. The Labute approximate surface area is 168 Å². The van der Waals surface area contributed by atoms with Gasteiger partial charge in [-0.15, -0.1) is 11.3 Å². The maximum atomic E-state index is 12.7. The number of esters is 1. The van der Waals surface area contributed by atoms with Crippen molar-refractivity contribution in [2.45, 2.75) is 6.54 Å². The van der Waals surface area contributed by atoms with Gasteiger partial charge in [0.1, 0.15) is 18.0 Å². The molecule has 10 heteroatoms. The van der Waals surface area contributed by atoms with Crippen molar-refractivity contribution in [2.24, 2.45) is 0 Å². The molecule has 0 N–H and O–H groups in total. The van der Waals surface area contributed by atoms with Gasteiger partial charge in [0.25, 0.3) is 11.5 Å². The molecular weight excluding hydrogens is 398 g/mol. The van der Waals surface area contributed by atoms with E-state index in [-0.39, 0.29) is 18.7 Å². The van der Waals surface area contributed by atoms with Gasteiger partial charge in [-0.25, -0.2) is 14.7 Å². The van der Waals surface area contributed by atoms with Gasteiger partial charge in [0.05, 0.1) is 18.3 Å². The maximum Gasteiger partial charge on any atom is 0.416 e. The fourth-order valence-electron chi connectivity index (χ4n) is 2.84. The Morgan fingerprint density at radius 3 is 2.72 bits per heavy atom. The van der Waals surface area contributed by atoms with Crippen LogP contribution >= 0.6 is 11.3 Å². The Balaban J connectivity index is 1.46. The standard InChI is InChI=1S/C19H15N3O6S/c23-15(22-6-7-27-19(22)26)10-28-16(24)9-21-11-20-17-13(18(21)25)8-14(29-17)12-4-2-1-3-5-12/h1-5,8,11H,6-7,9-10H2.